The van der Waals surface area contributed by atoms with Gasteiger partial charge in [0.1, 0.15) is 0 Å². The zero-order valence-corrected chi connectivity index (χ0v) is 9.29. The topological polar surface area (TPSA) is 29.1 Å². The van der Waals surface area contributed by atoms with Crippen molar-refractivity contribution in [3.8, 4) is 12.3 Å². The molecule has 1 amide bonds. The molecule has 0 bridgehead atoms. The van der Waals surface area contributed by atoms with E-state index in [2.05, 4.69) is 25.2 Å². The number of rotatable bonds is 1. The van der Waals surface area contributed by atoms with Crippen LogP contribution in [-0.2, 0) is 4.79 Å². The molecule has 0 aliphatic heterocycles. The van der Waals surface area contributed by atoms with Crippen molar-refractivity contribution in [3.05, 3.63) is 35.6 Å². The van der Waals surface area contributed by atoms with Crippen LogP contribution in [0.25, 0.3) is 0 Å². The molecule has 0 radical (unpaired) electrons. The summed E-state index contributed by atoms with van der Waals surface area (Å²) in [6.45, 7) is 6.13. The monoisotopic (exact) mass is 201 g/mol. The SMILES string of the molecule is C#CC(=O)NC1=C(C)C=CC(C)(C)C=C1. The summed E-state index contributed by atoms with van der Waals surface area (Å²) in [7, 11) is 0. The van der Waals surface area contributed by atoms with E-state index >= 15 is 0 Å². The lowest BCUT2D eigenvalue weighted by Gasteiger charge is -2.12. The maximum atomic E-state index is 11.1. The molecular weight excluding hydrogens is 186 g/mol. The molecule has 0 aromatic carbocycles. The molecular formula is C13H15NO. The lowest BCUT2D eigenvalue weighted by molar-refractivity contribution is -0.114. The van der Waals surface area contributed by atoms with Crippen molar-refractivity contribution in [3.63, 3.8) is 0 Å². The molecule has 0 saturated heterocycles. The van der Waals surface area contributed by atoms with Crippen molar-refractivity contribution < 1.29 is 4.79 Å². The van der Waals surface area contributed by atoms with Crippen molar-refractivity contribution in [1.29, 1.82) is 0 Å². The molecule has 0 saturated carbocycles. The maximum absolute atomic E-state index is 11.1. The summed E-state index contributed by atoms with van der Waals surface area (Å²) in [6, 6.07) is 0. The van der Waals surface area contributed by atoms with Crippen LogP contribution in [0.4, 0.5) is 0 Å². The molecule has 1 rings (SSSR count). The highest BCUT2D eigenvalue weighted by Gasteiger charge is 2.13. The molecule has 0 spiro atoms. The number of hydrogen-bond acceptors (Lipinski definition) is 1. The van der Waals surface area contributed by atoms with Crippen LogP contribution in [-0.4, -0.2) is 5.91 Å². The first-order valence-corrected chi connectivity index (χ1v) is 4.81. The summed E-state index contributed by atoms with van der Waals surface area (Å²) in [5.41, 5.74) is 1.77. The van der Waals surface area contributed by atoms with E-state index in [1.807, 2.05) is 31.1 Å². The third-order valence-corrected chi connectivity index (χ3v) is 2.25. The van der Waals surface area contributed by atoms with Gasteiger partial charge in [0.05, 0.1) is 0 Å². The molecule has 2 nitrogen and oxygen atoms in total. The molecule has 1 aliphatic rings. The first-order valence-electron chi connectivity index (χ1n) is 4.81. The average Bonchev–Trinajstić information content (AvgIpc) is 2.31. The Morgan fingerprint density at radius 2 is 2.00 bits per heavy atom. The number of hydrogen-bond donors (Lipinski definition) is 1. The molecule has 2 heteroatoms. The summed E-state index contributed by atoms with van der Waals surface area (Å²) in [6.07, 6.45) is 13.0. The maximum Gasteiger partial charge on any atom is 0.300 e. The second-order valence-corrected chi connectivity index (χ2v) is 4.18. The Morgan fingerprint density at radius 3 is 2.60 bits per heavy atom. The van der Waals surface area contributed by atoms with Gasteiger partial charge >= 0.3 is 0 Å². The van der Waals surface area contributed by atoms with Crippen LogP contribution >= 0.6 is 0 Å². The third kappa shape index (κ3) is 3.14. The number of terminal acetylenes is 1. The van der Waals surface area contributed by atoms with Crippen molar-refractivity contribution >= 4 is 5.91 Å². The van der Waals surface area contributed by atoms with E-state index in [1.54, 1.807) is 0 Å². The summed E-state index contributed by atoms with van der Waals surface area (Å²) in [5, 5.41) is 2.66. The molecule has 0 aromatic rings. The van der Waals surface area contributed by atoms with E-state index in [-0.39, 0.29) is 5.41 Å². The van der Waals surface area contributed by atoms with Crippen LogP contribution in [0.2, 0.25) is 0 Å². The Kier molecular flexibility index (Phi) is 3.16. The first kappa shape index (κ1) is 11.3. The predicted octanol–water partition coefficient (Wildman–Crippen LogP) is 2.16. The van der Waals surface area contributed by atoms with Gasteiger partial charge in [-0.05, 0) is 24.5 Å². The minimum Gasteiger partial charge on any atom is -0.315 e. The highest BCUT2D eigenvalue weighted by molar-refractivity contribution is 5.94. The molecule has 0 fully saturated rings. The minimum absolute atomic E-state index is 0.00385. The van der Waals surface area contributed by atoms with Crippen molar-refractivity contribution in [2.24, 2.45) is 5.41 Å². The number of carbonyl (C=O) groups excluding carboxylic acids is 1. The molecule has 15 heavy (non-hydrogen) atoms. The van der Waals surface area contributed by atoms with Crippen LogP contribution in [0.1, 0.15) is 20.8 Å². The Morgan fingerprint density at radius 1 is 1.40 bits per heavy atom. The normalized spacial score (nSPS) is 18.3. The Bertz CT molecular complexity index is 403. The molecule has 0 heterocycles. The number of allylic oxidation sites excluding steroid dienone is 5. The molecule has 0 atom stereocenters. The van der Waals surface area contributed by atoms with Gasteiger partial charge in [-0.15, -0.1) is 6.42 Å². The standard InChI is InChI=1S/C13H15NO/c1-5-12(15)14-11-7-9-13(3,4)8-6-10(11)2/h1,6-9H,2-4H3,(H,14,15). The predicted molar refractivity (Wildman–Crippen MR) is 61.7 cm³/mol. The van der Waals surface area contributed by atoms with Crippen LogP contribution in [0.5, 0.6) is 0 Å². The van der Waals surface area contributed by atoms with Crippen molar-refractivity contribution in [1.82, 2.24) is 5.32 Å². The quantitative estimate of drug-likeness (QED) is 0.647. The fourth-order valence-corrected chi connectivity index (χ4v) is 1.21. The molecule has 1 N–H and O–H groups in total. The van der Waals surface area contributed by atoms with Gasteiger partial charge in [-0.1, -0.05) is 32.1 Å². The molecule has 1 aliphatic carbocycles. The summed E-state index contributed by atoms with van der Waals surface area (Å²) in [5.74, 6) is 1.62. The van der Waals surface area contributed by atoms with Gasteiger partial charge in [-0.25, -0.2) is 0 Å². The molecule has 78 valence electrons. The summed E-state index contributed by atoms with van der Waals surface area (Å²) >= 11 is 0. The van der Waals surface area contributed by atoms with Gasteiger partial charge in [0.15, 0.2) is 0 Å². The van der Waals surface area contributed by atoms with E-state index in [1.165, 1.54) is 0 Å². The number of carbonyl (C=O) groups is 1. The fourth-order valence-electron chi connectivity index (χ4n) is 1.21. The van der Waals surface area contributed by atoms with Crippen LogP contribution < -0.4 is 5.32 Å². The van der Waals surface area contributed by atoms with Crippen molar-refractivity contribution in [2.75, 3.05) is 0 Å². The minimum atomic E-state index is -0.415. The zero-order chi connectivity index (χ0) is 11.5. The van der Waals surface area contributed by atoms with Crippen LogP contribution in [0.15, 0.2) is 35.6 Å². The van der Waals surface area contributed by atoms with Gasteiger partial charge in [0.25, 0.3) is 5.91 Å². The van der Waals surface area contributed by atoms with E-state index in [0.717, 1.165) is 11.3 Å². The lowest BCUT2D eigenvalue weighted by atomic mass is 9.93. The smallest absolute Gasteiger partial charge is 0.300 e. The van der Waals surface area contributed by atoms with Gasteiger partial charge in [-0.3, -0.25) is 4.79 Å². The largest absolute Gasteiger partial charge is 0.315 e. The highest BCUT2D eigenvalue weighted by atomic mass is 16.1. The van der Waals surface area contributed by atoms with Gasteiger partial charge in [0, 0.05) is 11.1 Å². The molecule has 0 unspecified atom stereocenters. The summed E-state index contributed by atoms with van der Waals surface area (Å²) < 4.78 is 0. The Labute approximate surface area is 90.8 Å². The average molecular weight is 201 g/mol. The number of nitrogens with one attached hydrogen (secondary N) is 1. The number of amides is 1. The van der Waals surface area contributed by atoms with E-state index in [9.17, 15) is 4.79 Å². The van der Waals surface area contributed by atoms with E-state index < -0.39 is 5.91 Å². The van der Waals surface area contributed by atoms with Gasteiger partial charge in [-0.2, -0.15) is 0 Å². The Hall–Kier alpha value is -1.75. The lowest BCUT2D eigenvalue weighted by Crippen LogP contribution is -2.20. The second-order valence-electron chi connectivity index (χ2n) is 4.18. The van der Waals surface area contributed by atoms with Gasteiger partial charge in [0.2, 0.25) is 0 Å². The highest BCUT2D eigenvalue weighted by Crippen LogP contribution is 2.24. The van der Waals surface area contributed by atoms with E-state index in [0.29, 0.717) is 0 Å². The van der Waals surface area contributed by atoms with Crippen LogP contribution in [0.3, 0.4) is 0 Å². The second kappa shape index (κ2) is 4.18. The third-order valence-electron chi connectivity index (χ3n) is 2.25. The zero-order valence-electron chi connectivity index (χ0n) is 9.29. The van der Waals surface area contributed by atoms with Gasteiger partial charge < -0.3 is 5.32 Å². The Balaban J connectivity index is 2.95. The first-order chi connectivity index (χ1) is 6.94. The fraction of sp³-hybridized carbons (Fsp3) is 0.308. The van der Waals surface area contributed by atoms with E-state index in [4.69, 9.17) is 6.42 Å². The van der Waals surface area contributed by atoms with Crippen LogP contribution in [0, 0.1) is 17.8 Å². The van der Waals surface area contributed by atoms with Crippen molar-refractivity contribution in [2.45, 2.75) is 20.8 Å². The summed E-state index contributed by atoms with van der Waals surface area (Å²) in [4.78, 5) is 11.1. The molecule has 0 aromatic heterocycles.